The summed E-state index contributed by atoms with van der Waals surface area (Å²) in [5.41, 5.74) is 2.17. The number of hydrogen-bond acceptors (Lipinski definition) is 4. The molecule has 0 fully saturated rings. The minimum absolute atomic E-state index is 0.213. The minimum atomic E-state index is -0.213. The highest BCUT2D eigenvalue weighted by molar-refractivity contribution is 7.98. The fourth-order valence-electron chi connectivity index (χ4n) is 2.26. The molecule has 0 bridgehead atoms. The number of hydrogen-bond donors (Lipinski definition) is 1. The Morgan fingerprint density at radius 1 is 1.21 bits per heavy atom. The van der Waals surface area contributed by atoms with Gasteiger partial charge in [-0.25, -0.2) is 4.68 Å². The molecule has 1 heterocycles. The molecule has 1 aromatic carbocycles. The Labute approximate surface area is 151 Å². The van der Waals surface area contributed by atoms with Crippen LogP contribution in [0.15, 0.2) is 40.2 Å². The van der Waals surface area contributed by atoms with Gasteiger partial charge in [-0.1, -0.05) is 49.2 Å². The van der Waals surface area contributed by atoms with E-state index in [0.29, 0.717) is 6.54 Å². The van der Waals surface area contributed by atoms with Crippen molar-refractivity contribution >= 4 is 23.4 Å². The molecule has 2 aromatic rings. The first kappa shape index (κ1) is 19.0. The zero-order valence-electron chi connectivity index (χ0n) is 13.9. The van der Waals surface area contributed by atoms with Crippen molar-refractivity contribution < 1.29 is 5.11 Å². The normalized spacial score (nSPS) is 11.0. The van der Waals surface area contributed by atoms with E-state index in [-0.39, 0.29) is 17.2 Å². The van der Waals surface area contributed by atoms with Gasteiger partial charge in [-0.05, 0) is 30.4 Å². The molecule has 0 radical (unpaired) electrons. The number of halogens is 1. The molecule has 0 aliphatic carbocycles. The van der Waals surface area contributed by atoms with Gasteiger partial charge in [0.05, 0.1) is 11.1 Å². The molecular weight excluding hydrogens is 344 g/mol. The summed E-state index contributed by atoms with van der Waals surface area (Å²) in [7, 11) is 0. The molecule has 0 saturated carbocycles. The number of aryl methyl sites for hydroxylation is 2. The van der Waals surface area contributed by atoms with E-state index < -0.39 is 0 Å². The van der Waals surface area contributed by atoms with Gasteiger partial charge in [-0.2, -0.15) is 5.10 Å². The third kappa shape index (κ3) is 5.36. The van der Waals surface area contributed by atoms with E-state index in [4.69, 9.17) is 16.7 Å². The second-order valence-electron chi connectivity index (χ2n) is 5.64. The van der Waals surface area contributed by atoms with Gasteiger partial charge in [0.2, 0.25) is 0 Å². The van der Waals surface area contributed by atoms with Crippen molar-refractivity contribution in [3.8, 4) is 0 Å². The second kappa shape index (κ2) is 9.87. The first-order valence-corrected chi connectivity index (χ1v) is 9.59. The van der Waals surface area contributed by atoms with E-state index in [9.17, 15) is 4.79 Å². The SMILES string of the molecule is CCCCn1ncc(SCc2ccc(CCCO)cc2)c(Cl)c1=O. The van der Waals surface area contributed by atoms with Gasteiger partial charge in [0.1, 0.15) is 5.02 Å². The van der Waals surface area contributed by atoms with E-state index in [1.165, 1.54) is 27.6 Å². The summed E-state index contributed by atoms with van der Waals surface area (Å²) in [6.07, 6.45) is 5.27. The smallest absolute Gasteiger partial charge is 0.286 e. The van der Waals surface area contributed by atoms with Gasteiger partial charge >= 0.3 is 0 Å². The third-order valence-electron chi connectivity index (χ3n) is 3.72. The Bertz CT molecular complexity index is 701. The van der Waals surface area contributed by atoms with Crippen LogP contribution in [-0.2, 0) is 18.7 Å². The van der Waals surface area contributed by atoms with Crippen molar-refractivity contribution in [2.45, 2.75) is 49.8 Å². The van der Waals surface area contributed by atoms with E-state index in [0.717, 1.165) is 36.3 Å². The lowest BCUT2D eigenvalue weighted by molar-refractivity contribution is 0.288. The van der Waals surface area contributed by atoms with Crippen molar-refractivity contribution in [3.05, 3.63) is 57.0 Å². The van der Waals surface area contributed by atoms with Gasteiger partial charge in [0.15, 0.2) is 0 Å². The molecule has 24 heavy (non-hydrogen) atoms. The highest BCUT2D eigenvalue weighted by Gasteiger charge is 2.10. The molecule has 4 nitrogen and oxygen atoms in total. The largest absolute Gasteiger partial charge is 0.396 e. The van der Waals surface area contributed by atoms with E-state index in [2.05, 4.69) is 36.3 Å². The van der Waals surface area contributed by atoms with Crippen LogP contribution >= 0.6 is 23.4 Å². The number of rotatable bonds is 9. The minimum Gasteiger partial charge on any atom is -0.396 e. The van der Waals surface area contributed by atoms with Crippen molar-refractivity contribution in [1.29, 1.82) is 0 Å². The number of aromatic nitrogens is 2. The maximum atomic E-state index is 12.2. The van der Waals surface area contributed by atoms with Crippen LogP contribution in [0.4, 0.5) is 0 Å². The monoisotopic (exact) mass is 366 g/mol. The first-order chi connectivity index (χ1) is 11.7. The van der Waals surface area contributed by atoms with Crippen LogP contribution in [0.3, 0.4) is 0 Å². The highest BCUT2D eigenvalue weighted by atomic mass is 35.5. The Balaban J connectivity index is 1.99. The molecule has 0 atom stereocenters. The summed E-state index contributed by atoms with van der Waals surface area (Å²) in [6, 6.07) is 8.30. The van der Waals surface area contributed by atoms with E-state index in [1.54, 1.807) is 6.20 Å². The number of nitrogens with zero attached hydrogens (tertiary/aromatic N) is 2. The summed E-state index contributed by atoms with van der Waals surface area (Å²) < 4.78 is 1.44. The zero-order chi connectivity index (χ0) is 17.4. The van der Waals surface area contributed by atoms with E-state index in [1.807, 2.05) is 0 Å². The van der Waals surface area contributed by atoms with Crippen LogP contribution < -0.4 is 5.56 Å². The molecule has 6 heteroatoms. The van der Waals surface area contributed by atoms with Crippen LogP contribution in [0.5, 0.6) is 0 Å². The lowest BCUT2D eigenvalue weighted by atomic mass is 10.1. The Hall–Kier alpha value is -1.30. The van der Waals surface area contributed by atoms with Gasteiger partial charge in [0.25, 0.3) is 5.56 Å². The van der Waals surface area contributed by atoms with Crippen LogP contribution in [0.1, 0.15) is 37.3 Å². The summed E-state index contributed by atoms with van der Waals surface area (Å²) in [5, 5.41) is 13.3. The summed E-state index contributed by atoms with van der Waals surface area (Å²) >= 11 is 7.73. The predicted molar refractivity (Wildman–Crippen MR) is 99.8 cm³/mol. The summed E-state index contributed by atoms with van der Waals surface area (Å²) in [4.78, 5) is 12.9. The highest BCUT2D eigenvalue weighted by Crippen LogP contribution is 2.26. The Kier molecular flexibility index (Phi) is 7.82. The molecule has 0 unspecified atom stereocenters. The summed E-state index contributed by atoms with van der Waals surface area (Å²) in [5.74, 6) is 0.736. The van der Waals surface area contributed by atoms with Crippen molar-refractivity contribution in [2.75, 3.05) is 6.61 Å². The zero-order valence-corrected chi connectivity index (χ0v) is 15.4. The average molecular weight is 367 g/mol. The van der Waals surface area contributed by atoms with Crippen molar-refractivity contribution in [2.24, 2.45) is 0 Å². The fraction of sp³-hybridized carbons (Fsp3) is 0.444. The number of aliphatic hydroxyl groups is 1. The molecule has 0 saturated heterocycles. The maximum Gasteiger partial charge on any atom is 0.286 e. The predicted octanol–water partition coefficient (Wildman–Crippen LogP) is 3.91. The van der Waals surface area contributed by atoms with Crippen LogP contribution in [0.2, 0.25) is 5.02 Å². The maximum absolute atomic E-state index is 12.2. The average Bonchev–Trinajstić information content (AvgIpc) is 2.61. The Morgan fingerprint density at radius 3 is 2.58 bits per heavy atom. The standard InChI is InChI=1S/C18H23ClN2O2S/c1-2-3-10-21-18(23)17(19)16(12-20-21)24-13-15-8-6-14(7-9-15)5-4-11-22/h6-9,12,22H,2-5,10-11,13H2,1H3. The van der Waals surface area contributed by atoms with E-state index >= 15 is 0 Å². The van der Waals surface area contributed by atoms with Crippen molar-refractivity contribution in [3.63, 3.8) is 0 Å². The second-order valence-corrected chi connectivity index (χ2v) is 7.03. The molecular formula is C18H23ClN2O2S. The molecule has 0 amide bonds. The van der Waals surface area contributed by atoms with Gasteiger partial charge < -0.3 is 5.11 Å². The number of aliphatic hydroxyl groups excluding tert-OH is 1. The van der Waals surface area contributed by atoms with Crippen LogP contribution in [0.25, 0.3) is 0 Å². The molecule has 0 spiro atoms. The molecule has 1 aromatic heterocycles. The van der Waals surface area contributed by atoms with Crippen LogP contribution in [0, 0.1) is 0 Å². The van der Waals surface area contributed by atoms with Gasteiger partial charge in [0, 0.05) is 18.9 Å². The third-order valence-corrected chi connectivity index (χ3v) is 5.29. The lowest BCUT2D eigenvalue weighted by Crippen LogP contribution is -2.23. The number of thioether (sulfide) groups is 1. The molecule has 130 valence electrons. The van der Waals surface area contributed by atoms with Gasteiger partial charge in [-0.15, -0.1) is 11.8 Å². The van der Waals surface area contributed by atoms with Crippen LogP contribution in [-0.4, -0.2) is 21.5 Å². The molecule has 0 aliphatic rings. The molecule has 1 N–H and O–H groups in total. The number of benzene rings is 1. The van der Waals surface area contributed by atoms with Crippen molar-refractivity contribution in [1.82, 2.24) is 9.78 Å². The van der Waals surface area contributed by atoms with Gasteiger partial charge in [-0.3, -0.25) is 4.79 Å². The summed E-state index contributed by atoms with van der Waals surface area (Å²) in [6.45, 7) is 2.90. The Morgan fingerprint density at radius 2 is 1.92 bits per heavy atom. The lowest BCUT2D eigenvalue weighted by Gasteiger charge is -2.08. The molecule has 2 rings (SSSR count). The number of unbranched alkanes of at least 4 members (excludes halogenated alkanes) is 1. The molecule has 0 aliphatic heterocycles. The first-order valence-electron chi connectivity index (χ1n) is 8.22. The quantitative estimate of drug-likeness (QED) is 0.683. The topological polar surface area (TPSA) is 55.1 Å². The fourth-order valence-corrected chi connectivity index (χ4v) is 3.42.